The number of rotatable bonds is 3. The monoisotopic (exact) mass is 276 g/mol. The fourth-order valence-electron chi connectivity index (χ4n) is 2.46. The van der Waals surface area contributed by atoms with E-state index in [1.165, 1.54) is 0 Å². The molecule has 104 valence electrons. The standard InChI is InChI=1S/C17H16N4/c1-12(2)11-21-16-6-5-13(9-18)8-15(16)20-17(21)14-4-3-7-19-10-14/h3-8,10,12H,11H2,1-2H3. The molecule has 0 saturated carbocycles. The van der Waals surface area contributed by atoms with Crippen molar-refractivity contribution in [2.75, 3.05) is 0 Å². The molecule has 2 aromatic heterocycles. The molecule has 0 N–H and O–H groups in total. The van der Waals surface area contributed by atoms with E-state index >= 15 is 0 Å². The summed E-state index contributed by atoms with van der Waals surface area (Å²) < 4.78 is 2.21. The van der Waals surface area contributed by atoms with Gasteiger partial charge in [-0.2, -0.15) is 5.26 Å². The van der Waals surface area contributed by atoms with Crippen LogP contribution in [0.25, 0.3) is 22.4 Å². The Bertz CT molecular complexity index is 810. The number of fused-ring (bicyclic) bond motifs is 1. The first kappa shape index (κ1) is 13.3. The average molecular weight is 276 g/mol. The number of nitrogens with zero attached hydrogens (tertiary/aromatic N) is 4. The van der Waals surface area contributed by atoms with Crippen LogP contribution < -0.4 is 0 Å². The molecule has 0 aliphatic carbocycles. The van der Waals surface area contributed by atoms with E-state index in [0.29, 0.717) is 11.5 Å². The van der Waals surface area contributed by atoms with Crippen LogP contribution in [0.3, 0.4) is 0 Å². The van der Waals surface area contributed by atoms with Crippen molar-refractivity contribution in [3.8, 4) is 17.5 Å². The summed E-state index contributed by atoms with van der Waals surface area (Å²) in [5.41, 5.74) is 3.54. The predicted octanol–water partition coefficient (Wildman–Crippen LogP) is 3.63. The molecule has 4 heteroatoms. The van der Waals surface area contributed by atoms with Crippen molar-refractivity contribution >= 4 is 11.0 Å². The third-order valence-electron chi connectivity index (χ3n) is 3.34. The minimum atomic E-state index is 0.508. The van der Waals surface area contributed by atoms with Crippen LogP contribution in [0.4, 0.5) is 0 Å². The van der Waals surface area contributed by atoms with E-state index < -0.39 is 0 Å². The highest BCUT2D eigenvalue weighted by atomic mass is 15.1. The lowest BCUT2D eigenvalue weighted by Gasteiger charge is -2.11. The first-order valence-electron chi connectivity index (χ1n) is 7.00. The van der Waals surface area contributed by atoms with Gasteiger partial charge >= 0.3 is 0 Å². The maximum absolute atomic E-state index is 9.04. The SMILES string of the molecule is CC(C)Cn1c(-c2cccnc2)nc2cc(C#N)ccc21. The van der Waals surface area contributed by atoms with Gasteiger partial charge in [0, 0.05) is 24.5 Å². The molecule has 0 amide bonds. The number of hydrogen-bond acceptors (Lipinski definition) is 3. The Kier molecular flexibility index (Phi) is 3.41. The van der Waals surface area contributed by atoms with Crippen molar-refractivity contribution < 1.29 is 0 Å². The first-order valence-corrected chi connectivity index (χ1v) is 7.00. The van der Waals surface area contributed by atoms with Crippen LogP contribution in [-0.2, 0) is 6.54 Å². The molecule has 0 aliphatic heterocycles. The summed E-state index contributed by atoms with van der Waals surface area (Å²) >= 11 is 0. The molecule has 0 bridgehead atoms. The number of nitriles is 1. The molecule has 0 fully saturated rings. The number of hydrogen-bond donors (Lipinski definition) is 0. The molecule has 0 spiro atoms. The van der Waals surface area contributed by atoms with Crippen LogP contribution >= 0.6 is 0 Å². The van der Waals surface area contributed by atoms with Gasteiger partial charge in [0.25, 0.3) is 0 Å². The molecule has 0 atom stereocenters. The summed E-state index contributed by atoms with van der Waals surface area (Å²) in [6, 6.07) is 11.7. The number of imidazole rings is 1. The van der Waals surface area contributed by atoms with Gasteiger partial charge in [0.2, 0.25) is 0 Å². The van der Waals surface area contributed by atoms with Crippen LogP contribution in [0, 0.1) is 17.2 Å². The van der Waals surface area contributed by atoms with Crippen molar-refractivity contribution in [2.24, 2.45) is 5.92 Å². The summed E-state index contributed by atoms with van der Waals surface area (Å²) in [6.45, 7) is 5.25. The molecule has 0 radical (unpaired) electrons. The van der Waals surface area contributed by atoms with Crippen LogP contribution in [0.1, 0.15) is 19.4 Å². The zero-order valence-corrected chi connectivity index (χ0v) is 12.1. The van der Waals surface area contributed by atoms with Crippen molar-refractivity contribution in [1.29, 1.82) is 5.26 Å². The van der Waals surface area contributed by atoms with Gasteiger partial charge in [-0.3, -0.25) is 4.98 Å². The smallest absolute Gasteiger partial charge is 0.142 e. The zero-order valence-electron chi connectivity index (χ0n) is 12.1. The Balaban J connectivity index is 2.25. The van der Waals surface area contributed by atoms with Gasteiger partial charge in [-0.15, -0.1) is 0 Å². The molecule has 0 unspecified atom stereocenters. The van der Waals surface area contributed by atoms with E-state index in [9.17, 15) is 0 Å². The van der Waals surface area contributed by atoms with Crippen molar-refractivity contribution in [2.45, 2.75) is 20.4 Å². The van der Waals surface area contributed by atoms with Gasteiger partial charge in [-0.25, -0.2) is 4.98 Å². The first-order chi connectivity index (χ1) is 10.2. The second-order valence-electron chi connectivity index (χ2n) is 5.50. The highest BCUT2D eigenvalue weighted by Crippen LogP contribution is 2.26. The van der Waals surface area contributed by atoms with Gasteiger partial charge < -0.3 is 4.57 Å². The van der Waals surface area contributed by atoms with E-state index in [0.717, 1.165) is 29.0 Å². The fraction of sp³-hybridized carbons (Fsp3) is 0.235. The molecule has 4 nitrogen and oxygen atoms in total. The summed E-state index contributed by atoms with van der Waals surface area (Å²) in [4.78, 5) is 8.90. The maximum atomic E-state index is 9.04. The minimum absolute atomic E-state index is 0.508. The normalized spacial score (nSPS) is 11.0. The Morgan fingerprint density at radius 1 is 1.29 bits per heavy atom. The van der Waals surface area contributed by atoms with Gasteiger partial charge in [0.15, 0.2) is 0 Å². The van der Waals surface area contributed by atoms with Gasteiger partial charge in [0.1, 0.15) is 5.82 Å². The molecule has 0 saturated heterocycles. The van der Waals surface area contributed by atoms with Crippen LogP contribution in [-0.4, -0.2) is 14.5 Å². The van der Waals surface area contributed by atoms with Crippen molar-refractivity contribution in [3.63, 3.8) is 0 Å². The summed E-state index contributed by atoms with van der Waals surface area (Å²) in [7, 11) is 0. The zero-order chi connectivity index (χ0) is 14.8. The third-order valence-corrected chi connectivity index (χ3v) is 3.34. The molecule has 1 aromatic carbocycles. The Labute approximate surface area is 123 Å². The largest absolute Gasteiger partial charge is 0.324 e. The lowest BCUT2D eigenvalue weighted by Crippen LogP contribution is -2.06. The quantitative estimate of drug-likeness (QED) is 0.734. The highest BCUT2D eigenvalue weighted by Gasteiger charge is 2.14. The summed E-state index contributed by atoms with van der Waals surface area (Å²) in [5.74, 6) is 1.41. The third kappa shape index (κ3) is 2.50. The van der Waals surface area contributed by atoms with E-state index in [4.69, 9.17) is 10.2 Å². The Hall–Kier alpha value is -2.67. The summed E-state index contributed by atoms with van der Waals surface area (Å²) in [5, 5.41) is 9.04. The number of pyridine rings is 1. The second kappa shape index (κ2) is 5.37. The highest BCUT2D eigenvalue weighted by molar-refractivity contribution is 5.81. The predicted molar refractivity (Wildman–Crippen MR) is 82.5 cm³/mol. The number of aromatic nitrogens is 3. The second-order valence-corrected chi connectivity index (χ2v) is 5.50. The number of benzene rings is 1. The van der Waals surface area contributed by atoms with Crippen LogP contribution in [0.2, 0.25) is 0 Å². The van der Waals surface area contributed by atoms with Crippen molar-refractivity contribution in [3.05, 3.63) is 48.3 Å². The van der Waals surface area contributed by atoms with E-state index in [2.05, 4.69) is 29.5 Å². The fourth-order valence-corrected chi connectivity index (χ4v) is 2.46. The lowest BCUT2D eigenvalue weighted by molar-refractivity contribution is 0.536. The molecule has 3 rings (SSSR count). The minimum Gasteiger partial charge on any atom is -0.324 e. The maximum Gasteiger partial charge on any atom is 0.142 e. The van der Waals surface area contributed by atoms with Gasteiger partial charge in [-0.1, -0.05) is 13.8 Å². The van der Waals surface area contributed by atoms with E-state index in [1.54, 1.807) is 6.20 Å². The van der Waals surface area contributed by atoms with Crippen LogP contribution in [0.15, 0.2) is 42.7 Å². The van der Waals surface area contributed by atoms with E-state index in [1.807, 2.05) is 36.5 Å². The van der Waals surface area contributed by atoms with Gasteiger partial charge in [-0.05, 0) is 36.2 Å². The van der Waals surface area contributed by atoms with Gasteiger partial charge in [0.05, 0.1) is 22.7 Å². The molecular formula is C17H16N4. The molecule has 21 heavy (non-hydrogen) atoms. The molecular weight excluding hydrogens is 260 g/mol. The topological polar surface area (TPSA) is 54.5 Å². The molecule has 0 aliphatic rings. The average Bonchev–Trinajstić information content (AvgIpc) is 2.85. The Morgan fingerprint density at radius 3 is 2.81 bits per heavy atom. The van der Waals surface area contributed by atoms with Crippen LogP contribution in [0.5, 0.6) is 0 Å². The van der Waals surface area contributed by atoms with E-state index in [-0.39, 0.29) is 0 Å². The molecule has 2 heterocycles. The summed E-state index contributed by atoms with van der Waals surface area (Å²) in [6.07, 6.45) is 3.58. The molecule has 3 aromatic rings. The Morgan fingerprint density at radius 2 is 2.14 bits per heavy atom. The lowest BCUT2D eigenvalue weighted by atomic mass is 10.2. The van der Waals surface area contributed by atoms with Crippen molar-refractivity contribution in [1.82, 2.24) is 14.5 Å².